The third-order valence-electron chi connectivity index (χ3n) is 4.82. The average molecular weight is 283 g/mol. The summed E-state index contributed by atoms with van der Waals surface area (Å²) in [7, 11) is 0. The van der Waals surface area contributed by atoms with Crippen molar-refractivity contribution >= 4 is 10.9 Å². The van der Waals surface area contributed by atoms with Gasteiger partial charge >= 0.3 is 0 Å². The molecule has 112 valence electrons. The maximum atomic E-state index is 5.94. The maximum absolute atomic E-state index is 5.94. The van der Waals surface area contributed by atoms with Crippen LogP contribution in [0.5, 0.6) is 0 Å². The molecule has 3 rings (SSSR count). The van der Waals surface area contributed by atoms with Crippen molar-refractivity contribution in [1.82, 2.24) is 9.88 Å². The lowest BCUT2D eigenvalue weighted by molar-refractivity contribution is 0.160. The average Bonchev–Trinajstić information content (AvgIpc) is 3.01. The predicted molar refractivity (Wildman–Crippen MR) is 88.0 cm³/mol. The second kappa shape index (κ2) is 6.54. The molecule has 0 radical (unpaired) electrons. The van der Waals surface area contributed by atoms with Gasteiger partial charge in [-0.2, -0.15) is 0 Å². The summed E-state index contributed by atoms with van der Waals surface area (Å²) in [6.07, 6.45) is 3.88. The van der Waals surface area contributed by atoms with Gasteiger partial charge in [-0.15, -0.1) is 0 Å². The molecule has 1 heterocycles. The number of fused-ring (bicyclic) bond motifs is 1. The van der Waals surface area contributed by atoms with Crippen LogP contribution in [0.15, 0.2) is 36.4 Å². The minimum atomic E-state index is 0.633. The Kier molecular flexibility index (Phi) is 4.51. The van der Waals surface area contributed by atoms with Crippen molar-refractivity contribution in [3.05, 3.63) is 42.1 Å². The molecule has 0 saturated heterocycles. The van der Waals surface area contributed by atoms with E-state index in [1.807, 2.05) is 0 Å². The van der Waals surface area contributed by atoms with Crippen LogP contribution in [-0.4, -0.2) is 29.0 Å². The van der Waals surface area contributed by atoms with E-state index < -0.39 is 0 Å². The van der Waals surface area contributed by atoms with Gasteiger partial charge in [0.25, 0.3) is 0 Å². The molecule has 0 bridgehead atoms. The quantitative estimate of drug-likeness (QED) is 0.916. The highest BCUT2D eigenvalue weighted by atomic mass is 15.2. The Balaban J connectivity index is 1.78. The van der Waals surface area contributed by atoms with Crippen LogP contribution in [0.4, 0.5) is 0 Å². The van der Waals surface area contributed by atoms with E-state index in [1.165, 1.54) is 30.3 Å². The van der Waals surface area contributed by atoms with Crippen molar-refractivity contribution in [1.29, 1.82) is 0 Å². The molecule has 0 aliphatic heterocycles. The second-order valence-electron chi connectivity index (χ2n) is 6.05. The number of nitrogens with two attached hydrogens (primary N) is 1. The fraction of sp³-hybridized carbons (Fsp3) is 0.500. The summed E-state index contributed by atoms with van der Waals surface area (Å²) >= 11 is 0. The number of rotatable bonds is 5. The van der Waals surface area contributed by atoms with E-state index in [-0.39, 0.29) is 0 Å². The molecule has 2 aromatic rings. The lowest BCUT2D eigenvalue weighted by atomic mass is 10.0. The molecule has 2 N–H and O–H groups in total. The highest BCUT2D eigenvalue weighted by Crippen LogP contribution is 2.30. The number of aromatic nitrogens is 1. The Morgan fingerprint density at radius 1 is 1.19 bits per heavy atom. The zero-order valence-corrected chi connectivity index (χ0v) is 12.8. The van der Waals surface area contributed by atoms with E-state index in [0.717, 1.165) is 25.2 Å². The fourth-order valence-corrected chi connectivity index (χ4v) is 3.64. The first-order valence-electron chi connectivity index (χ1n) is 8.10. The van der Waals surface area contributed by atoms with Gasteiger partial charge in [0.15, 0.2) is 0 Å². The van der Waals surface area contributed by atoms with Crippen LogP contribution < -0.4 is 5.73 Å². The zero-order chi connectivity index (χ0) is 14.7. The molecular formula is C18H25N3. The molecule has 1 aromatic carbocycles. The van der Waals surface area contributed by atoms with Crippen LogP contribution in [0.2, 0.25) is 0 Å². The predicted octanol–water partition coefficient (Wildman–Crippen LogP) is 3.18. The minimum Gasteiger partial charge on any atom is -0.330 e. The van der Waals surface area contributed by atoms with Crippen LogP contribution in [0.25, 0.3) is 10.9 Å². The first-order chi connectivity index (χ1) is 10.3. The Morgan fingerprint density at radius 3 is 2.86 bits per heavy atom. The lowest BCUT2D eigenvalue weighted by Gasteiger charge is -2.31. The van der Waals surface area contributed by atoms with Gasteiger partial charge in [-0.05, 0) is 44.0 Å². The molecule has 1 aliphatic rings. The van der Waals surface area contributed by atoms with Crippen LogP contribution >= 0.6 is 0 Å². The van der Waals surface area contributed by atoms with Gasteiger partial charge in [-0.1, -0.05) is 37.6 Å². The van der Waals surface area contributed by atoms with E-state index in [0.29, 0.717) is 12.0 Å². The molecule has 3 heteroatoms. The van der Waals surface area contributed by atoms with Crippen molar-refractivity contribution in [3.8, 4) is 0 Å². The minimum absolute atomic E-state index is 0.633. The standard InChI is InChI=1S/C18H25N3/c1-2-21(18-9-5-7-15(18)12-19)13-16-11-10-14-6-3-4-8-17(14)20-16/h3-4,6,8,10-11,15,18H,2,5,7,9,12-13,19H2,1H3. The molecule has 0 amide bonds. The normalized spacial score (nSPS) is 22.2. The van der Waals surface area contributed by atoms with Gasteiger partial charge in [0.2, 0.25) is 0 Å². The maximum Gasteiger partial charge on any atom is 0.0705 e. The number of nitrogens with zero attached hydrogens (tertiary/aromatic N) is 2. The summed E-state index contributed by atoms with van der Waals surface area (Å²) in [6, 6.07) is 13.3. The van der Waals surface area contributed by atoms with E-state index in [9.17, 15) is 0 Å². The second-order valence-corrected chi connectivity index (χ2v) is 6.05. The highest BCUT2D eigenvalue weighted by molar-refractivity contribution is 5.78. The van der Waals surface area contributed by atoms with Gasteiger partial charge in [-0.25, -0.2) is 0 Å². The van der Waals surface area contributed by atoms with Gasteiger partial charge in [-0.3, -0.25) is 9.88 Å². The van der Waals surface area contributed by atoms with Gasteiger partial charge in [0, 0.05) is 18.0 Å². The van der Waals surface area contributed by atoms with Crippen molar-refractivity contribution < 1.29 is 0 Å². The van der Waals surface area contributed by atoms with Crippen molar-refractivity contribution in [3.63, 3.8) is 0 Å². The zero-order valence-electron chi connectivity index (χ0n) is 12.8. The molecule has 1 aromatic heterocycles. The highest BCUT2D eigenvalue weighted by Gasteiger charge is 2.30. The third kappa shape index (κ3) is 3.09. The van der Waals surface area contributed by atoms with Crippen LogP contribution in [0.3, 0.4) is 0 Å². The monoisotopic (exact) mass is 283 g/mol. The van der Waals surface area contributed by atoms with Crippen molar-refractivity contribution in [2.75, 3.05) is 13.1 Å². The number of hydrogen-bond acceptors (Lipinski definition) is 3. The molecule has 1 saturated carbocycles. The summed E-state index contributed by atoms with van der Waals surface area (Å²) in [5, 5.41) is 1.21. The number of para-hydroxylation sites is 1. The van der Waals surface area contributed by atoms with Gasteiger partial charge in [0.05, 0.1) is 11.2 Å². The number of hydrogen-bond donors (Lipinski definition) is 1. The van der Waals surface area contributed by atoms with Crippen LogP contribution in [0, 0.1) is 5.92 Å². The first kappa shape index (κ1) is 14.5. The number of benzene rings is 1. The van der Waals surface area contributed by atoms with E-state index >= 15 is 0 Å². The molecule has 21 heavy (non-hydrogen) atoms. The molecular weight excluding hydrogens is 258 g/mol. The Hall–Kier alpha value is -1.45. The first-order valence-corrected chi connectivity index (χ1v) is 8.10. The Labute approximate surface area is 127 Å². The van der Waals surface area contributed by atoms with E-state index in [4.69, 9.17) is 10.7 Å². The van der Waals surface area contributed by atoms with Crippen LogP contribution in [0.1, 0.15) is 31.9 Å². The summed E-state index contributed by atoms with van der Waals surface area (Å²) < 4.78 is 0. The van der Waals surface area contributed by atoms with Gasteiger partial charge < -0.3 is 5.73 Å². The number of pyridine rings is 1. The topological polar surface area (TPSA) is 42.2 Å². The Bertz CT molecular complexity index is 596. The summed E-state index contributed by atoms with van der Waals surface area (Å²) in [5.41, 5.74) is 8.20. The van der Waals surface area contributed by atoms with E-state index in [1.54, 1.807) is 0 Å². The molecule has 3 nitrogen and oxygen atoms in total. The molecule has 2 atom stereocenters. The summed E-state index contributed by atoms with van der Waals surface area (Å²) in [6.45, 7) is 5.05. The van der Waals surface area contributed by atoms with Crippen molar-refractivity contribution in [2.45, 2.75) is 38.8 Å². The smallest absolute Gasteiger partial charge is 0.0705 e. The molecule has 0 spiro atoms. The lowest BCUT2D eigenvalue weighted by Crippen LogP contribution is -2.39. The Morgan fingerprint density at radius 2 is 2.05 bits per heavy atom. The SMILES string of the molecule is CCN(Cc1ccc2ccccc2n1)C1CCCC1CN. The molecule has 1 fully saturated rings. The van der Waals surface area contributed by atoms with Crippen molar-refractivity contribution in [2.24, 2.45) is 11.7 Å². The van der Waals surface area contributed by atoms with E-state index in [2.05, 4.69) is 48.2 Å². The molecule has 2 unspecified atom stereocenters. The van der Waals surface area contributed by atoms with Gasteiger partial charge in [0.1, 0.15) is 0 Å². The summed E-state index contributed by atoms with van der Waals surface area (Å²) in [4.78, 5) is 7.37. The van der Waals surface area contributed by atoms with Crippen LogP contribution in [-0.2, 0) is 6.54 Å². The third-order valence-corrected chi connectivity index (χ3v) is 4.82. The molecule has 1 aliphatic carbocycles. The largest absolute Gasteiger partial charge is 0.330 e. The fourth-order valence-electron chi connectivity index (χ4n) is 3.64. The summed E-state index contributed by atoms with van der Waals surface area (Å²) in [5.74, 6) is 0.658.